The molecular weight excluding hydrogens is 892 g/mol. The molecular formula is C26H42N4O23P4S-2. The Balaban J connectivity index is 0.000000330. The Morgan fingerprint density at radius 1 is 0.741 bits per heavy atom. The van der Waals surface area contributed by atoms with Crippen molar-refractivity contribution in [2.24, 2.45) is 0 Å². The Labute approximate surface area is 338 Å². The summed E-state index contributed by atoms with van der Waals surface area (Å²) in [7, 11) is -13.7. The Kier molecular flexibility index (Phi) is 15.8. The van der Waals surface area contributed by atoms with Crippen molar-refractivity contribution >= 4 is 42.0 Å². The van der Waals surface area contributed by atoms with Gasteiger partial charge in [-0.15, -0.1) is 0 Å². The van der Waals surface area contributed by atoms with Crippen molar-refractivity contribution in [3.05, 3.63) is 66.2 Å². The lowest BCUT2D eigenvalue weighted by atomic mass is 10.1. The van der Waals surface area contributed by atoms with Crippen LogP contribution in [0.25, 0.3) is 0 Å². The van der Waals surface area contributed by atoms with Gasteiger partial charge in [-0.3, -0.25) is 42.3 Å². The molecule has 2 saturated heterocycles. The average molecular weight is 939 g/mol. The van der Waals surface area contributed by atoms with Crippen LogP contribution >= 0.6 is 30.2 Å². The number of aromatic amines is 2. The first-order valence-corrected chi connectivity index (χ1v) is 23.1. The van der Waals surface area contributed by atoms with E-state index in [1.54, 1.807) is 0 Å². The van der Waals surface area contributed by atoms with Crippen LogP contribution in [-0.4, -0.2) is 115 Å². The summed E-state index contributed by atoms with van der Waals surface area (Å²) in [5.41, 5.74) is -3.46. The number of ether oxygens (including phenoxy) is 4. The molecule has 10 atom stereocenters. The number of methoxy groups -OCH3 is 2. The van der Waals surface area contributed by atoms with E-state index in [1.165, 1.54) is 27.7 Å². The lowest BCUT2D eigenvalue weighted by molar-refractivity contribution is -0.237. The van der Waals surface area contributed by atoms with Crippen LogP contribution < -0.4 is 32.3 Å². The second-order valence-electron chi connectivity index (χ2n) is 12.1. The minimum Gasteiger partial charge on any atom is -0.780 e. The van der Waals surface area contributed by atoms with E-state index in [9.17, 15) is 42.7 Å². The number of phosphoric acid groups is 3. The molecule has 6 N–H and O–H groups in total. The van der Waals surface area contributed by atoms with E-state index >= 15 is 0 Å². The third-order valence-corrected chi connectivity index (χ3v) is 10.5. The molecule has 2 aliphatic heterocycles. The van der Waals surface area contributed by atoms with Crippen molar-refractivity contribution in [3.8, 4) is 0 Å². The SMILES string of the molecule is [2H]C([2H])(OP(=O)(O)O)[C@H]1O[C@@H](n2ccc(=O)[nH]c2=O)C(OC)[C@H]1OP(=O)([O-])OC(C)C.[2H]C([2H])(OP(=O)(O)O)[C@H]1O[C@@H](n2ccc(=O)[nH]c2=O)C(OC)[C@H]1OP([O-])(=S)OC(C)C. The van der Waals surface area contributed by atoms with Gasteiger partial charge in [-0.25, -0.2) is 18.7 Å². The second kappa shape index (κ2) is 20.8. The van der Waals surface area contributed by atoms with Gasteiger partial charge in [0.15, 0.2) is 12.5 Å². The second-order valence-corrected chi connectivity index (χ2v) is 18.4. The molecule has 58 heavy (non-hydrogen) atoms. The number of phosphoric ester groups is 3. The van der Waals surface area contributed by atoms with E-state index in [1.807, 2.05) is 9.97 Å². The molecule has 0 radical (unpaired) electrons. The van der Waals surface area contributed by atoms with E-state index < -0.39 is 127 Å². The van der Waals surface area contributed by atoms with Crippen molar-refractivity contribution in [3.63, 3.8) is 0 Å². The van der Waals surface area contributed by atoms with Gasteiger partial charge < -0.3 is 66.4 Å². The summed E-state index contributed by atoms with van der Waals surface area (Å²) in [6, 6.07) is 1.91. The minimum absolute atomic E-state index is 0.647. The maximum atomic E-state index is 12.6. The standard InChI is InChI=1S/C13H22N2O12P2.C13H22N2O11P2S/c1-7(2)26-29(21,22)27-10-8(6-24-28(18,19)20)25-12(11(10)23-3)15-5-4-9(16)14-13(15)17;1-7(2)25-28(21,29)26-10-8(6-23-27(18,19)20)24-12(11(10)22-3)15-5-4-9(16)14-13(15)17/h4-5,7-8,10-12H,6H2,1-3H3,(H,21,22)(H,14,16,17)(H2,18,19,20);4-5,7-8,10-12H,6H2,1-3H3,(H,21,29)(H,14,16,17)(H2,18,19,20)/p-2/t8-,10+,11?,12-;8-,10+,11?,12-,28?/m11/s1/i2*6D2. The molecule has 4 heterocycles. The highest BCUT2D eigenvalue weighted by Gasteiger charge is 2.50. The van der Waals surface area contributed by atoms with Gasteiger partial charge in [-0.1, -0.05) is 11.8 Å². The summed E-state index contributed by atoms with van der Waals surface area (Å²) in [5.74, 6) is 0. The zero-order valence-electron chi connectivity index (χ0n) is 34.7. The van der Waals surface area contributed by atoms with Crippen LogP contribution in [0.15, 0.2) is 43.7 Å². The fourth-order valence-electron chi connectivity index (χ4n) is 5.01. The topological polar surface area (TPSA) is 380 Å². The van der Waals surface area contributed by atoms with Crippen molar-refractivity contribution in [1.82, 2.24) is 19.1 Å². The number of hydrogen-bond donors (Lipinski definition) is 6. The molecule has 0 aliphatic carbocycles. The van der Waals surface area contributed by atoms with Gasteiger partial charge >= 0.3 is 27.0 Å². The molecule has 0 aromatic carbocycles. The van der Waals surface area contributed by atoms with Crippen molar-refractivity contribution in [2.45, 2.75) is 89.0 Å². The summed E-state index contributed by atoms with van der Waals surface area (Å²) in [6.45, 7) is -5.05. The van der Waals surface area contributed by atoms with Gasteiger partial charge in [-0.05, 0) is 27.7 Å². The molecule has 332 valence electrons. The lowest BCUT2D eigenvalue weighted by Gasteiger charge is -2.35. The third kappa shape index (κ3) is 15.2. The smallest absolute Gasteiger partial charge is 0.469 e. The van der Waals surface area contributed by atoms with E-state index in [4.69, 9.17) is 69.4 Å². The molecule has 2 aromatic rings. The number of aromatic nitrogens is 4. The number of rotatable bonds is 18. The highest BCUT2D eigenvalue weighted by atomic mass is 32.5. The molecule has 0 saturated carbocycles. The zero-order chi connectivity index (χ0) is 47.6. The number of nitrogens with zero attached hydrogens (tertiary/aromatic N) is 2. The molecule has 0 spiro atoms. The summed E-state index contributed by atoms with van der Waals surface area (Å²) in [6.07, 6.45) is -13.3. The molecule has 32 heteroatoms. The Hall–Kier alpha value is -1.94. The summed E-state index contributed by atoms with van der Waals surface area (Å²) < 4.78 is 117. The van der Waals surface area contributed by atoms with Gasteiger partial charge in [0.05, 0.1) is 30.8 Å². The fourth-order valence-corrected chi connectivity index (χ4v) is 8.50. The van der Waals surface area contributed by atoms with E-state index in [0.717, 1.165) is 47.9 Å². The van der Waals surface area contributed by atoms with Crippen LogP contribution in [0, 0.1) is 0 Å². The highest BCUT2D eigenvalue weighted by molar-refractivity contribution is 8.06. The first-order valence-electron chi connectivity index (χ1n) is 18.0. The molecule has 4 rings (SSSR count). The van der Waals surface area contributed by atoms with Crippen LogP contribution in [-0.2, 0) is 71.6 Å². The van der Waals surface area contributed by atoms with Crippen molar-refractivity contribution in [2.75, 3.05) is 27.3 Å². The molecule has 2 aromatic heterocycles. The van der Waals surface area contributed by atoms with E-state index in [2.05, 4.69) is 13.6 Å². The summed E-state index contributed by atoms with van der Waals surface area (Å²) in [4.78, 5) is 112. The maximum absolute atomic E-state index is 12.6. The predicted octanol–water partition coefficient (Wildman–Crippen LogP) is -2.21. The van der Waals surface area contributed by atoms with Crippen molar-refractivity contribution < 1.29 is 94.6 Å². The number of H-pyrrole nitrogens is 2. The van der Waals surface area contributed by atoms with Gasteiger partial charge in [0.1, 0.15) is 43.3 Å². The van der Waals surface area contributed by atoms with E-state index in [0.29, 0.717) is 0 Å². The number of nitrogens with one attached hydrogen (secondary N) is 2. The first-order chi connectivity index (χ1) is 28.1. The average Bonchev–Trinajstić information content (AvgIpc) is 3.59. The largest absolute Gasteiger partial charge is 0.780 e. The van der Waals surface area contributed by atoms with Gasteiger partial charge in [-0.2, -0.15) is 0 Å². The summed E-state index contributed by atoms with van der Waals surface area (Å²) in [5, 5.41) is 0. The fraction of sp³-hybridized carbons (Fsp3) is 0.692. The van der Waals surface area contributed by atoms with Gasteiger partial charge in [0.25, 0.3) is 18.9 Å². The molecule has 27 nitrogen and oxygen atoms in total. The normalized spacial score (nSPS) is 28.8. The lowest BCUT2D eigenvalue weighted by Crippen LogP contribution is -2.40. The predicted molar refractivity (Wildman–Crippen MR) is 192 cm³/mol. The molecule has 0 amide bonds. The van der Waals surface area contributed by atoms with Gasteiger partial charge in [0, 0.05) is 38.7 Å². The monoisotopic (exact) mass is 938 g/mol. The molecule has 2 fully saturated rings. The summed E-state index contributed by atoms with van der Waals surface area (Å²) >= 11 is 4.81. The van der Waals surface area contributed by atoms with Crippen LogP contribution in [0.3, 0.4) is 0 Å². The number of hydrogen-bond acceptors (Lipinski definition) is 20. The van der Waals surface area contributed by atoms with Crippen LogP contribution in [0.4, 0.5) is 0 Å². The molecule has 4 unspecified atom stereocenters. The quantitative estimate of drug-likeness (QED) is 0.0863. The van der Waals surface area contributed by atoms with E-state index in [-0.39, 0.29) is 0 Å². The maximum Gasteiger partial charge on any atom is 0.469 e. The highest BCUT2D eigenvalue weighted by Crippen LogP contribution is 2.49. The van der Waals surface area contributed by atoms with Gasteiger partial charge in [0.2, 0.25) is 0 Å². The van der Waals surface area contributed by atoms with Crippen molar-refractivity contribution in [1.29, 1.82) is 0 Å². The third-order valence-electron chi connectivity index (χ3n) is 6.93. The Morgan fingerprint density at radius 3 is 1.45 bits per heavy atom. The Bertz CT molecular complexity index is 2150. The first kappa shape index (κ1) is 44.1. The molecule has 2 aliphatic rings. The molecule has 0 bridgehead atoms. The minimum atomic E-state index is -5.42. The zero-order valence-corrected chi connectivity index (χ0v) is 35.1. The van der Waals surface area contributed by atoms with Crippen LogP contribution in [0.5, 0.6) is 0 Å². The van der Waals surface area contributed by atoms with Crippen LogP contribution in [0.1, 0.15) is 45.6 Å². The van der Waals surface area contributed by atoms with Crippen LogP contribution in [0.2, 0.25) is 0 Å². The Morgan fingerprint density at radius 2 is 1.12 bits per heavy atom.